The summed E-state index contributed by atoms with van der Waals surface area (Å²) < 4.78 is 16.6. The minimum atomic E-state index is -0.798. The van der Waals surface area contributed by atoms with Crippen molar-refractivity contribution in [2.45, 2.75) is 219 Å². The maximum absolute atomic E-state index is 12.7. The number of unbranched alkanes of at least 4 members (excludes halogenated alkanes) is 19. The highest BCUT2D eigenvalue weighted by Gasteiger charge is 2.19. The third-order valence-corrected chi connectivity index (χ3v) is 9.51. The molecular formula is C49H84O6. The van der Waals surface area contributed by atoms with Gasteiger partial charge in [0.05, 0.1) is 0 Å². The summed E-state index contributed by atoms with van der Waals surface area (Å²) in [5.74, 6) is -0.966. The van der Waals surface area contributed by atoms with Crippen molar-refractivity contribution >= 4 is 17.9 Å². The van der Waals surface area contributed by atoms with Gasteiger partial charge in [-0.25, -0.2) is 0 Å². The van der Waals surface area contributed by atoms with Crippen LogP contribution in [0, 0.1) is 0 Å². The second-order valence-corrected chi connectivity index (χ2v) is 14.9. The van der Waals surface area contributed by atoms with Crippen LogP contribution in [0.3, 0.4) is 0 Å². The number of rotatable bonds is 40. The maximum atomic E-state index is 12.7. The van der Waals surface area contributed by atoms with Crippen LogP contribution in [-0.2, 0) is 28.6 Å². The fourth-order valence-electron chi connectivity index (χ4n) is 6.08. The Morgan fingerprint density at radius 1 is 0.382 bits per heavy atom. The van der Waals surface area contributed by atoms with E-state index in [1.807, 2.05) is 0 Å². The second-order valence-electron chi connectivity index (χ2n) is 14.9. The molecule has 0 aliphatic heterocycles. The van der Waals surface area contributed by atoms with Crippen molar-refractivity contribution in [3.63, 3.8) is 0 Å². The highest BCUT2D eigenvalue weighted by atomic mass is 16.6. The molecule has 0 rings (SSSR count). The molecule has 1 atom stereocenters. The molecule has 0 radical (unpaired) electrons. The smallest absolute Gasteiger partial charge is 0.306 e. The standard InChI is InChI=1S/C49H84O6/c1-4-7-10-13-16-19-21-22-23-24-25-26-28-30-33-36-39-42-48(51)54-45-46(44-53-47(50)41-38-35-32-29-18-15-12-9-6-3)55-49(52)43-40-37-34-31-27-20-17-14-11-8-5-2/h8,11,16-17,19-20,22-23,31,34,46H,4-7,9-10,12-15,18,21,24-30,32-33,35-45H2,1-3H3/b11-8-,19-16-,20-17-,23-22-,34-31-. The minimum absolute atomic E-state index is 0.0963. The first-order chi connectivity index (χ1) is 27.0. The van der Waals surface area contributed by atoms with Gasteiger partial charge in [-0.2, -0.15) is 0 Å². The summed E-state index contributed by atoms with van der Waals surface area (Å²) >= 11 is 0. The number of allylic oxidation sites excluding steroid dienone is 10. The number of hydrogen-bond acceptors (Lipinski definition) is 6. The highest BCUT2D eigenvalue weighted by Crippen LogP contribution is 2.13. The van der Waals surface area contributed by atoms with Gasteiger partial charge in [-0.15, -0.1) is 0 Å². The average molecular weight is 769 g/mol. The van der Waals surface area contributed by atoms with Crippen LogP contribution in [0.5, 0.6) is 0 Å². The predicted molar refractivity (Wildman–Crippen MR) is 233 cm³/mol. The van der Waals surface area contributed by atoms with Gasteiger partial charge < -0.3 is 14.2 Å². The lowest BCUT2D eigenvalue weighted by atomic mass is 10.1. The van der Waals surface area contributed by atoms with E-state index in [2.05, 4.69) is 81.5 Å². The zero-order chi connectivity index (χ0) is 40.1. The molecule has 0 fully saturated rings. The summed E-state index contributed by atoms with van der Waals surface area (Å²) in [6.45, 7) is 6.41. The quantitative estimate of drug-likeness (QED) is 0.0267. The molecule has 0 saturated carbocycles. The Hall–Kier alpha value is -2.89. The SMILES string of the molecule is CC/C=C\C/C=C\C/C=C\CCCC(=O)OC(COC(=O)CCCCCCCCC/C=C\C/C=C\CCCCC)COC(=O)CCCCCCCCCCC. The molecule has 0 aliphatic rings. The molecule has 55 heavy (non-hydrogen) atoms. The molecule has 6 heteroatoms. The van der Waals surface area contributed by atoms with Crippen LogP contribution >= 0.6 is 0 Å². The van der Waals surface area contributed by atoms with Gasteiger partial charge in [0.15, 0.2) is 6.10 Å². The van der Waals surface area contributed by atoms with Crippen molar-refractivity contribution in [1.82, 2.24) is 0 Å². The van der Waals surface area contributed by atoms with E-state index in [-0.39, 0.29) is 37.5 Å². The normalized spacial score (nSPS) is 12.6. The zero-order valence-electron chi connectivity index (χ0n) is 35.9. The summed E-state index contributed by atoms with van der Waals surface area (Å²) in [5, 5.41) is 0. The molecule has 0 amide bonds. The number of hydrogen-bond donors (Lipinski definition) is 0. The summed E-state index contributed by atoms with van der Waals surface area (Å²) in [4.78, 5) is 37.6. The summed E-state index contributed by atoms with van der Waals surface area (Å²) in [6, 6.07) is 0. The lowest BCUT2D eigenvalue weighted by Gasteiger charge is -2.18. The molecule has 0 heterocycles. The molecule has 0 aromatic heterocycles. The molecule has 0 bridgehead atoms. The molecule has 6 nitrogen and oxygen atoms in total. The number of ether oxygens (including phenoxy) is 3. The Kier molecular flexibility index (Phi) is 41.5. The van der Waals surface area contributed by atoms with E-state index in [9.17, 15) is 14.4 Å². The first-order valence-electron chi connectivity index (χ1n) is 22.8. The van der Waals surface area contributed by atoms with Crippen molar-refractivity contribution in [1.29, 1.82) is 0 Å². The van der Waals surface area contributed by atoms with E-state index >= 15 is 0 Å². The van der Waals surface area contributed by atoms with Crippen LogP contribution in [0.1, 0.15) is 213 Å². The van der Waals surface area contributed by atoms with Crippen molar-refractivity contribution in [2.24, 2.45) is 0 Å². The first kappa shape index (κ1) is 52.1. The summed E-state index contributed by atoms with van der Waals surface area (Å²) in [7, 11) is 0. The molecule has 1 unspecified atom stereocenters. The third kappa shape index (κ3) is 42.1. The summed E-state index contributed by atoms with van der Waals surface area (Å²) in [6.07, 6.45) is 52.1. The van der Waals surface area contributed by atoms with Gasteiger partial charge in [-0.3, -0.25) is 14.4 Å². The van der Waals surface area contributed by atoms with Crippen LogP contribution in [0.25, 0.3) is 0 Å². The maximum Gasteiger partial charge on any atom is 0.306 e. The lowest BCUT2D eigenvalue weighted by molar-refractivity contribution is -0.167. The van der Waals surface area contributed by atoms with E-state index in [1.54, 1.807) is 0 Å². The number of carbonyl (C=O) groups is 3. The van der Waals surface area contributed by atoms with Gasteiger partial charge in [-0.1, -0.05) is 178 Å². The van der Waals surface area contributed by atoms with Crippen LogP contribution in [0.2, 0.25) is 0 Å². The van der Waals surface area contributed by atoms with Crippen molar-refractivity contribution in [3.8, 4) is 0 Å². The van der Waals surface area contributed by atoms with Crippen LogP contribution in [-0.4, -0.2) is 37.2 Å². The van der Waals surface area contributed by atoms with Gasteiger partial charge in [0.25, 0.3) is 0 Å². The largest absolute Gasteiger partial charge is 0.462 e. The van der Waals surface area contributed by atoms with Gasteiger partial charge in [0.2, 0.25) is 0 Å². The van der Waals surface area contributed by atoms with E-state index in [4.69, 9.17) is 14.2 Å². The van der Waals surface area contributed by atoms with E-state index in [1.165, 1.54) is 89.9 Å². The molecular weight excluding hydrogens is 685 g/mol. The van der Waals surface area contributed by atoms with E-state index in [0.717, 1.165) is 77.0 Å². The van der Waals surface area contributed by atoms with E-state index in [0.29, 0.717) is 19.3 Å². The average Bonchev–Trinajstić information content (AvgIpc) is 3.18. The second kappa shape index (κ2) is 43.8. The van der Waals surface area contributed by atoms with Crippen LogP contribution in [0.4, 0.5) is 0 Å². The third-order valence-electron chi connectivity index (χ3n) is 9.51. The Balaban J connectivity index is 4.38. The molecule has 0 aromatic carbocycles. The van der Waals surface area contributed by atoms with Crippen molar-refractivity contribution in [3.05, 3.63) is 60.8 Å². The molecule has 0 N–H and O–H groups in total. The molecule has 316 valence electrons. The van der Waals surface area contributed by atoms with Crippen LogP contribution < -0.4 is 0 Å². The zero-order valence-corrected chi connectivity index (χ0v) is 35.9. The molecule has 0 saturated heterocycles. The van der Waals surface area contributed by atoms with Gasteiger partial charge in [0.1, 0.15) is 13.2 Å². The Labute approximate surface area is 339 Å². The molecule has 0 spiro atoms. The lowest BCUT2D eigenvalue weighted by Crippen LogP contribution is -2.30. The molecule has 0 aromatic rings. The van der Waals surface area contributed by atoms with Crippen molar-refractivity contribution < 1.29 is 28.6 Å². The topological polar surface area (TPSA) is 78.9 Å². The number of esters is 3. The Bertz CT molecular complexity index is 1020. The fraction of sp³-hybridized carbons (Fsp3) is 0.735. The minimum Gasteiger partial charge on any atom is -0.462 e. The van der Waals surface area contributed by atoms with Gasteiger partial charge in [0, 0.05) is 19.3 Å². The first-order valence-corrected chi connectivity index (χ1v) is 22.8. The summed E-state index contributed by atoms with van der Waals surface area (Å²) in [5.41, 5.74) is 0. The van der Waals surface area contributed by atoms with Gasteiger partial charge >= 0.3 is 17.9 Å². The van der Waals surface area contributed by atoms with E-state index < -0.39 is 6.10 Å². The highest BCUT2D eigenvalue weighted by molar-refractivity contribution is 5.71. The number of carbonyl (C=O) groups excluding carboxylic acids is 3. The Morgan fingerprint density at radius 2 is 0.727 bits per heavy atom. The van der Waals surface area contributed by atoms with Gasteiger partial charge in [-0.05, 0) is 77.0 Å². The fourth-order valence-corrected chi connectivity index (χ4v) is 6.08. The predicted octanol–water partition coefficient (Wildman–Crippen LogP) is 14.5. The van der Waals surface area contributed by atoms with Crippen molar-refractivity contribution in [2.75, 3.05) is 13.2 Å². The monoisotopic (exact) mass is 769 g/mol. The Morgan fingerprint density at radius 3 is 1.20 bits per heavy atom. The molecule has 0 aliphatic carbocycles. The van der Waals surface area contributed by atoms with Crippen LogP contribution in [0.15, 0.2) is 60.8 Å².